The fourth-order valence-corrected chi connectivity index (χ4v) is 4.49. The maximum Gasteiger partial charge on any atom is 0.343 e. The lowest BCUT2D eigenvalue weighted by molar-refractivity contribution is -0.175. The van der Waals surface area contributed by atoms with Gasteiger partial charge in [0, 0.05) is 43.7 Å². The summed E-state index contributed by atoms with van der Waals surface area (Å²) in [6, 6.07) is 8.70. The van der Waals surface area contributed by atoms with E-state index >= 15 is 0 Å². The number of benzene rings is 1. The van der Waals surface area contributed by atoms with Gasteiger partial charge in [-0.2, -0.15) is 0 Å². The van der Waals surface area contributed by atoms with Gasteiger partial charge in [-0.3, -0.25) is 0 Å². The molecular formula is C23H32F2N2O3. The maximum absolute atomic E-state index is 13.8. The van der Waals surface area contributed by atoms with Crippen molar-refractivity contribution in [1.82, 2.24) is 9.80 Å². The zero-order chi connectivity index (χ0) is 21.9. The topological polar surface area (TPSA) is 53.0 Å². The number of halogens is 2. The maximum atomic E-state index is 13.8. The van der Waals surface area contributed by atoms with Gasteiger partial charge in [-0.15, -0.1) is 0 Å². The summed E-state index contributed by atoms with van der Waals surface area (Å²) < 4.78 is 33.1. The molecule has 2 aliphatic rings. The molecule has 7 heteroatoms. The van der Waals surface area contributed by atoms with E-state index in [0.29, 0.717) is 24.6 Å². The van der Waals surface area contributed by atoms with Gasteiger partial charge in [0.15, 0.2) is 5.60 Å². The van der Waals surface area contributed by atoms with Gasteiger partial charge in [0.05, 0.1) is 12.8 Å². The second-order valence-corrected chi connectivity index (χ2v) is 8.63. The van der Waals surface area contributed by atoms with Crippen LogP contribution in [0.1, 0.15) is 52.0 Å². The molecule has 3 rings (SSSR count). The summed E-state index contributed by atoms with van der Waals surface area (Å²) >= 11 is 0. The molecule has 1 unspecified atom stereocenters. The van der Waals surface area contributed by atoms with E-state index < -0.39 is 29.8 Å². The van der Waals surface area contributed by atoms with E-state index in [0.717, 1.165) is 0 Å². The van der Waals surface area contributed by atoms with Gasteiger partial charge in [-0.25, -0.2) is 13.6 Å². The van der Waals surface area contributed by atoms with E-state index in [1.54, 1.807) is 30.3 Å². The number of aliphatic hydroxyl groups is 1. The monoisotopic (exact) mass is 422 g/mol. The van der Waals surface area contributed by atoms with Crippen molar-refractivity contribution in [2.75, 3.05) is 13.2 Å². The van der Waals surface area contributed by atoms with Crippen molar-refractivity contribution in [3.63, 3.8) is 0 Å². The molecule has 1 aliphatic heterocycles. The summed E-state index contributed by atoms with van der Waals surface area (Å²) in [5.41, 5.74) is -1.75. The lowest BCUT2D eigenvalue weighted by Crippen LogP contribution is -2.44. The molecule has 1 aromatic carbocycles. The summed E-state index contributed by atoms with van der Waals surface area (Å²) in [4.78, 5) is 17.3. The molecular weight excluding hydrogens is 390 g/mol. The lowest BCUT2D eigenvalue weighted by Gasteiger charge is -2.33. The lowest BCUT2D eigenvalue weighted by atomic mass is 9.80. The molecule has 166 valence electrons. The number of hydrogen-bond acceptors (Lipinski definition) is 5. The quantitative estimate of drug-likeness (QED) is 0.505. The molecule has 0 spiro atoms. The third kappa shape index (κ3) is 4.61. The fraction of sp³-hybridized carbons (Fsp3) is 0.609. The van der Waals surface area contributed by atoms with Crippen molar-refractivity contribution in [1.29, 1.82) is 0 Å². The first-order valence-electron chi connectivity index (χ1n) is 10.7. The Kier molecular flexibility index (Phi) is 6.70. The average Bonchev–Trinajstić information content (AvgIpc) is 3.27. The van der Waals surface area contributed by atoms with Gasteiger partial charge in [-0.05, 0) is 39.2 Å². The molecule has 0 bridgehead atoms. The standard InChI is InChI=1S/C23H32F2N2O3/c1-17(2)27-14-13-26(18(27)3)12-7-15-30-21(28)23(29,19-8-5-4-6-9-19)20-10-11-22(24,25)16-20/h4-6,8-9,13-14,17-18,20,29H,7,10-12,15-16H2,1-3H3/t18?,20-,23+/m1/s1. The highest BCUT2D eigenvalue weighted by Gasteiger charge is 2.54. The number of hydrogen-bond donors (Lipinski definition) is 1. The van der Waals surface area contributed by atoms with Crippen LogP contribution in [0.5, 0.6) is 0 Å². The Bertz CT molecular complexity index is 756. The Hall–Kier alpha value is -2.15. The van der Waals surface area contributed by atoms with Crippen molar-refractivity contribution in [3.05, 3.63) is 48.3 Å². The highest BCUT2D eigenvalue weighted by Crippen LogP contribution is 2.47. The fourth-order valence-electron chi connectivity index (χ4n) is 4.49. The number of rotatable bonds is 8. The van der Waals surface area contributed by atoms with Crippen LogP contribution < -0.4 is 0 Å². The summed E-state index contributed by atoms with van der Waals surface area (Å²) in [5.74, 6) is -4.58. The van der Waals surface area contributed by atoms with Gasteiger partial charge in [0.25, 0.3) is 0 Å². The Morgan fingerprint density at radius 1 is 1.30 bits per heavy atom. The van der Waals surface area contributed by atoms with Crippen molar-refractivity contribution < 1.29 is 23.4 Å². The van der Waals surface area contributed by atoms with Crippen LogP contribution in [0.4, 0.5) is 8.78 Å². The van der Waals surface area contributed by atoms with Gasteiger partial charge in [-0.1, -0.05) is 30.3 Å². The van der Waals surface area contributed by atoms with Crippen LogP contribution in [0.15, 0.2) is 42.7 Å². The molecule has 5 nitrogen and oxygen atoms in total. The third-order valence-corrected chi connectivity index (χ3v) is 6.25. The Morgan fingerprint density at radius 3 is 2.57 bits per heavy atom. The van der Waals surface area contributed by atoms with E-state index in [9.17, 15) is 18.7 Å². The number of carbonyl (C=O) groups excluding carboxylic acids is 1. The minimum atomic E-state index is -2.87. The van der Waals surface area contributed by atoms with Crippen LogP contribution >= 0.6 is 0 Å². The first-order chi connectivity index (χ1) is 14.1. The zero-order valence-electron chi connectivity index (χ0n) is 17.9. The highest BCUT2D eigenvalue weighted by molar-refractivity contribution is 5.81. The van der Waals surface area contributed by atoms with E-state index in [1.807, 2.05) is 6.20 Å². The number of esters is 1. The molecule has 1 saturated carbocycles. The first kappa shape index (κ1) is 22.5. The average molecular weight is 423 g/mol. The van der Waals surface area contributed by atoms with E-state index in [-0.39, 0.29) is 25.6 Å². The second-order valence-electron chi connectivity index (χ2n) is 8.63. The Morgan fingerprint density at radius 2 is 2.00 bits per heavy atom. The summed E-state index contributed by atoms with van der Waals surface area (Å²) in [6.45, 7) is 7.18. The largest absolute Gasteiger partial charge is 0.463 e. The molecule has 0 amide bonds. The number of nitrogens with zero attached hydrogens (tertiary/aromatic N) is 2. The molecule has 1 aromatic rings. The number of alkyl halides is 2. The van der Waals surface area contributed by atoms with Crippen LogP contribution in [-0.4, -0.2) is 52.2 Å². The van der Waals surface area contributed by atoms with Crippen LogP contribution in [0.25, 0.3) is 0 Å². The summed E-state index contributed by atoms with van der Waals surface area (Å²) in [7, 11) is 0. The smallest absolute Gasteiger partial charge is 0.343 e. The molecule has 0 saturated heterocycles. The number of ether oxygens (including phenoxy) is 1. The van der Waals surface area contributed by atoms with E-state index in [2.05, 4.69) is 36.8 Å². The molecule has 30 heavy (non-hydrogen) atoms. The molecule has 0 aromatic heterocycles. The first-order valence-corrected chi connectivity index (χ1v) is 10.7. The van der Waals surface area contributed by atoms with Gasteiger partial charge < -0.3 is 19.6 Å². The molecule has 1 N–H and O–H groups in total. The molecule has 3 atom stereocenters. The molecule has 1 heterocycles. The minimum Gasteiger partial charge on any atom is -0.463 e. The summed E-state index contributed by atoms with van der Waals surface area (Å²) in [6.07, 6.45) is 4.11. The van der Waals surface area contributed by atoms with Gasteiger partial charge in [0.2, 0.25) is 5.92 Å². The molecule has 0 radical (unpaired) electrons. The Labute approximate surface area is 177 Å². The minimum absolute atomic E-state index is 0.0780. The predicted octanol–water partition coefficient (Wildman–Crippen LogP) is 4.09. The van der Waals surface area contributed by atoms with Crippen molar-refractivity contribution >= 4 is 5.97 Å². The van der Waals surface area contributed by atoms with Crippen LogP contribution in [0.2, 0.25) is 0 Å². The zero-order valence-corrected chi connectivity index (χ0v) is 17.9. The molecule has 1 aliphatic carbocycles. The van der Waals surface area contributed by atoms with Crippen LogP contribution in [0.3, 0.4) is 0 Å². The SMILES string of the molecule is CC(C)N1C=CN(CCCOC(=O)[C@](O)(c2ccccc2)[C@@H]2CCC(F)(F)C2)C1C. The van der Waals surface area contributed by atoms with Crippen molar-refractivity contribution in [3.8, 4) is 0 Å². The van der Waals surface area contributed by atoms with Gasteiger partial charge >= 0.3 is 5.97 Å². The van der Waals surface area contributed by atoms with E-state index in [4.69, 9.17) is 4.74 Å². The van der Waals surface area contributed by atoms with Crippen molar-refractivity contribution in [2.24, 2.45) is 5.92 Å². The van der Waals surface area contributed by atoms with E-state index in [1.165, 1.54) is 0 Å². The van der Waals surface area contributed by atoms with Crippen LogP contribution in [-0.2, 0) is 15.1 Å². The number of carbonyl (C=O) groups is 1. The summed E-state index contributed by atoms with van der Waals surface area (Å²) in [5, 5.41) is 11.3. The molecule has 1 fully saturated rings. The van der Waals surface area contributed by atoms with Gasteiger partial charge in [0.1, 0.15) is 0 Å². The third-order valence-electron chi connectivity index (χ3n) is 6.25. The normalized spacial score (nSPS) is 25.0. The van der Waals surface area contributed by atoms with Crippen LogP contribution in [0, 0.1) is 5.92 Å². The second kappa shape index (κ2) is 8.92. The Balaban J connectivity index is 1.60. The highest BCUT2D eigenvalue weighted by atomic mass is 19.3. The predicted molar refractivity (Wildman–Crippen MR) is 110 cm³/mol. The van der Waals surface area contributed by atoms with Crippen molar-refractivity contribution in [2.45, 2.75) is 70.2 Å².